The van der Waals surface area contributed by atoms with Crippen LogP contribution in [0, 0.1) is 0 Å². The van der Waals surface area contributed by atoms with Crippen LogP contribution < -0.4 is 4.90 Å². The Morgan fingerprint density at radius 3 is 1.60 bits per heavy atom. The average Bonchev–Trinajstić information content (AvgIpc) is 3.70. The molecule has 0 bridgehead atoms. The predicted molar refractivity (Wildman–Crippen MR) is 259 cm³/mol. The van der Waals surface area contributed by atoms with Gasteiger partial charge in [0.15, 0.2) is 0 Å². The SMILES string of the molecule is c1ccc(-c2ccc(-c3ccc(N(c4cccc(-c5cccc(-c6cccc7ccccc67)c5)c4)c4ccccc4-c4ccc5sc6ccccc6c5c4)cc3)cc2)cc1. The van der Waals surface area contributed by atoms with Crippen molar-refractivity contribution in [3.63, 3.8) is 0 Å². The maximum atomic E-state index is 2.42. The van der Waals surface area contributed by atoms with Crippen molar-refractivity contribution < 1.29 is 0 Å². The van der Waals surface area contributed by atoms with Crippen molar-refractivity contribution in [2.75, 3.05) is 4.90 Å². The molecule has 0 aliphatic rings. The zero-order valence-corrected chi connectivity index (χ0v) is 33.7. The molecule has 0 saturated heterocycles. The summed E-state index contributed by atoms with van der Waals surface area (Å²) in [4.78, 5) is 2.42. The Balaban J connectivity index is 1.02. The average molecular weight is 782 g/mol. The van der Waals surface area contributed by atoms with Crippen LogP contribution in [0.3, 0.4) is 0 Å². The largest absolute Gasteiger partial charge is 0.310 e. The first kappa shape index (κ1) is 35.6. The third kappa shape index (κ3) is 6.63. The molecule has 11 rings (SSSR count). The topological polar surface area (TPSA) is 3.24 Å². The van der Waals surface area contributed by atoms with Crippen molar-refractivity contribution >= 4 is 59.3 Å². The van der Waals surface area contributed by atoms with E-state index in [1.54, 1.807) is 0 Å². The first-order chi connectivity index (χ1) is 29.7. The first-order valence-corrected chi connectivity index (χ1v) is 21.3. The number of fused-ring (bicyclic) bond motifs is 4. The minimum atomic E-state index is 1.09. The molecule has 0 aliphatic carbocycles. The highest BCUT2D eigenvalue weighted by molar-refractivity contribution is 7.25. The maximum absolute atomic E-state index is 2.42. The molecule has 10 aromatic carbocycles. The smallest absolute Gasteiger partial charge is 0.0540 e. The molecule has 60 heavy (non-hydrogen) atoms. The van der Waals surface area contributed by atoms with E-state index in [-0.39, 0.29) is 0 Å². The highest BCUT2D eigenvalue weighted by Crippen LogP contribution is 2.44. The minimum absolute atomic E-state index is 1.09. The molecule has 282 valence electrons. The van der Waals surface area contributed by atoms with E-state index in [1.807, 2.05) is 11.3 Å². The summed E-state index contributed by atoms with van der Waals surface area (Å²) in [5.74, 6) is 0. The lowest BCUT2D eigenvalue weighted by molar-refractivity contribution is 1.28. The Hall–Kier alpha value is -7.52. The van der Waals surface area contributed by atoms with Crippen LogP contribution in [-0.2, 0) is 0 Å². The maximum Gasteiger partial charge on any atom is 0.0540 e. The highest BCUT2D eigenvalue weighted by atomic mass is 32.1. The fourth-order valence-corrected chi connectivity index (χ4v) is 9.78. The molecule has 0 aliphatic heterocycles. The molecule has 1 heterocycles. The Labute approximate surface area is 354 Å². The van der Waals surface area contributed by atoms with Crippen molar-refractivity contribution in [1.29, 1.82) is 0 Å². The number of rotatable bonds is 8. The van der Waals surface area contributed by atoms with Crippen molar-refractivity contribution in [2.24, 2.45) is 0 Å². The molecule has 0 radical (unpaired) electrons. The third-order valence-corrected chi connectivity index (χ3v) is 12.8. The van der Waals surface area contributed by atoms with Crippen LogP contribution in [0.25, 0.3) is 86.6 Å². The third-order valence-electron chi connectivity index (χ3n) is 11.7. The second-order valence-corrected chi connectivity index (χ2v) is 16.4. The van der Waals surface area contributed by atoms with Gasteiger partial charge < -0.3 is 4.90 Å². The molecule has 0 unspecified atom stereocenters. The molecule has 0 fully saturated rings. The molecule has 0 atom stereocenters. The van der Waals surface area contributed by atoms with Crippen LogP contribution >= 0.6 is 11.3 Å². The molecule has 0 saturated carbocycles. The van der Waals surface area contributed by atoms with Crippen LogP contribution in [0.2, 0.25) is 0 Å². The normalized spacial score (nSPS) is 11.3. The highest BCUT2D eigenvalue weighted by Gasteiger charge is 2.19. The zero-order chi connectivity index (χ0) is 39.8. The van der Waals surface area contributed by atoms with Gasteiger partial charge in [0.25, 0.3) is 0 Å². The molecule has 0 N–H and O–H groups in total. The number of benzene rings is 10. The van der Waals surface area contributed by atoms with Crippen molar-refractivity contribution in [1.82, 2.24) is 0 Å². The molecule has 11 aromatic rings. The van der Waals surface area contributed by atoms with Gasteiger partial charge in [-0.2, -0.15) is 0 Å². The lowest BCUT2D eigenvalue weighted by Crippen LogP contribution is -2.11. The molecular weight excluding hydrogens is 743 g/mol. The van der Waals surface area contributed by atoms with Gasteiger partial charge in [-0.05, 0) is 115 Å². The van der Waals surface area contributed by atoms with Gasteiger partial charge in [0.1, 0.15) is 0 Å². The summed E-state index contributed by atoms with van der Waals surface area (Å²) in [6, 6.07) is 86.2. The quantitative estimate of drug-likeness (QED) is 0.148. The van der Waals surface area contributed by atoms with E-state index in [0.717, 1.165) is 17.1 Å². The van der Waals surface area contributed by atoms with E-state index in [0.29, 0.717) is 0 Å². The van der Waals surface area contributed by atoms with Crippen molar-refractivity contribution in [2.45, 2.75) is 0 Å². The summed E-state index contributed by atoms with van der Waals surface area (Å²) < 4.78 is 2.62. The second-order valence-electron chi connectivity index (χ2n) is 15.3. The summed E-state index contributed by atoms with van der Waals surface area (Å²) in [5.41, 5.74) is 15.3. The molecule has 0 spiro atoms. The summed E-state index contributed by atoms with van der Waals surface area (Å²) in [7, 11) is 0. The molecule has 2 heteroatoms. The van der Waals surface area contributed by atoms with Gasteiger partial charge in [-0.25, -0.2) is 0 Å². The van der Waals surface area contributed by atoms with Gasteiger partial charge in [-0.1, -0.05) is 182 Å². The standard InChI is InChI=1S/C58H39NS/c1-2-13-40(14-3-1)41-27-29-42(30-28-41)43-31-34-49(35-32-43)59(56-25-8-6-22-53(56)48-33-36-58-55(39-48)54-23-7-9-26-57(54)60-58)50-20-11-18-46(38-50)45-17-10-19-47(37-45)52-24-12-16-44-15-4-5-21-51(44)52/h1-39H. The monoisotopic (exact) mass is 781 g/mol. The van der Waals surface area contributed by atoms with Crippen LogP contribution in [0.1, 0.15) is 0 Å². The molecule has 0 amide bonds. The van der Waals surface area contributed by atoms with Crippen molar-refractivity contribution in [3.05, 3.63) is 237 Å². The van der Waals surface area contributed by atoms with Gasteiger partial charge in [0.05, 0.1) is 5.69 Å². The van der Waals surface area contributed by atoms with Gasteiger partial charge in [0, 0.05) is 37.1 Å². The Morgan fingerprint density at radius 1 is 0.267 bits per heavy atom. The summed E-state index contributed by atoms with van der Waals surface area (Å²) >= 11 is 1.86. The van der Waals surface area contributed by atoms with E-state index in [4.69, 9.17) is 0 Å². The number of hydrogen-bond acceptors (Lipinski definition) is 2. The van der Waals surface area contributed by atoms with Crippen LogP contribution in [-0.4, -0.2) is 0 Å². The number of hydrogen-bond donors (Lipinski definition) is 0. The first-order valence-electron chi connectivity index (χ1n) is 20.5. The molecule has 1 nitrogen and oxygen atoms in total. The Bertz CT molecular complexity index is 3300. The van der Waals surface area contributed by atoms with Gasteiger partial charge in [-0.3, -0.25) is 0 Å². The van der Waals surface area contributed by atoms with E-state index < -0.39 is 0 Å². The van der Waals surface area contributed by atoms with Gasteiger partial charge in [0.2, 0.25) is 0 Å². The van der Waals surface area contributed by atoms with Gasteiger partial charge >= 0.3 is 0 Å². The number of para-hydroxylation sites is 1. The van der Waals surface area contributed by atoms with E-state index in [1.165, 1.54) is 86.6 Å². The van der Waals surface area contributed by atoms with Crippen molar-refractivity contribution in [3.8, 4) is 55.6 Å². The zero-order valence-electron chi connectivity index (χ0n) is 32.9. The van der Waals surface area contributed by atoms with Gasteiger partial charge in [-0.15, -0.1) is 11.3 Å². The van der Waals surface area contributed by atoms with E-state index in [2.05, 4.69) is 241 Å². The summed E-state index contributed by atoms with van der Waals surface area (Å²) in [6.07, 6.45) is 0. The lowest BCUT2D eigenvalue weighted by Gasteiger charge is -2.28. The van der Waals surface area contributed by atoms with E-state index in [9.17, 15) is 0 Å². The fraction of sp³-hybridized carbons (Fsp3) is 0. The summed E-state index contributed by atoms with van der Waals surface area (Å²) in [5, 5.41) is 5.11. The van der Waals surface area contributed by atoms with Crippen LogP contribution in [0.5, 0.6) is 0 Å². The predicted octanol–water partition coefficient (Wildman–Crippen LogP) is 17.0. The lowest BCUT2D eigenvalue weighted by atomic mass is 9.95. The molecular formula is C58H39NS. The number of thiophene rings is 1. The summed E-state index contributed by atoms with van der Waals surface area (Å²) in [6.45, 7) is 0. The van der Waals surface area contributed by atoms with Crippen LogP contribution in [0.15, 0.2) is 237 Å². The minimum Gasteiger partial charge on any atom is -0.310 e. The Morgan fingerprint density at radius 2 is 0.783 bits per heavy atom. The Kier molecular flexibility index (Phi) is 9.11. The fourth-order valence-electron chi connectivity index (χ4n) is 8.69. The molecule has 1 aromatic heterocycles. The number of anilines is 3. The second kappa shape index (κ2) is 15.3. The van der Waals surface area contributed by atoms with E-state index >= 15 is 0 Å². The number of nitrogens with zero attached hydrogens (tertiary/aromatic N) is 1. The van der Waals surface area contributed by atoms with Crippen LogP contribution in [0.4, 0.5) is 17.1 Å².